The van der Waals surface area contributed by atoms with Crippen molar-refractivity contribution in [3.8, 4) is 0 Å². The van der Waals surface area contributed by atoms with E-state index in [1.807, 2.05) is 6.07 Å². The zero-order valence-corrected chi connectivity index (χ0v) is 17.6. The van der Waals surface area contributed by atoms with Crippen LogP contribution in [0.5, 0.6) is 0 Å². The number of carbonyl (C=O) groups excluding carboxylic acids is 2. The van der Waals surface area contributed by atoms with Gasteiger partial charge in [-0.3, -0.25) is 19.4 Å². The Kier molecular flexibility index (Phi) is 6.94. The van der Waals surface area contributed by atoms with Crippen molar-refractivity contribution in [2.45, 2.75) is 25.3 Å². The average molecular weight is 425 g/mol. The van der Waals surface area contributed by atoms with Gasteiger partial charge in [0.1, 0.15) is 5.82 Å². The number of hydrogen-bond acceptors (Lipinski definition) is 4. The maximum atomic E-state index is 13.2. The third-order valence-electron chi connectivity index (χ3n) is 6.01. The highest BCUT2D eigenvalue weighted by molar-refractivity contribution is 5.92. The number of piperazine rings is 1. The van der Waals surface area contributed by atoms with E-state index in [2.05, 4.69) is 38.6 Å². The van der Waals surface area contributed by atoms with Crippen molar-refractivity contribution in [2.24, 2.45) is 0 Å². The van der Waals surface area contributed by atoms with E-state index in [9.17, 15) is 14.0 Å². The van der Waals surface area contributed by atoms with Crippen LogP contribution in [0.1, 0.15) is 30.0 Å². The van der Waals surface area contributed by atoms with Crippen LogP contribution in [0.2, 0.25) is 0 Å². The second-order valence-electron chi connectivity index (χ2n) is 8.32. The highest BCUT2D eigenvalue weighted by Gasteiger charge is 2.24. The molecule has 164 valence electrons. The first kappa shape index (κ1) is 21.5. The number of amides is 2. The van der Waals surface area contributed by atoms with Crippen molar-refractivity contribution in [1.82, 2.24) is 15.1 Å². The Morgan fingerprint density at radius 3 is 2.39 bits per heavy atom. The van der Waals surface area contributed by atoms with E-state index in [4.69, 9.17) is 0 Å². The quantitative estimate of drug-likeness (QED) is 0.748. The van der Waals surface area contributed by atoms with Gasteiger partial charge in [0.15, 0.2) is 0 Å². The Morgan fingerprint density at radius 1 is 0.935 bits per heavy atom. The molecule has 1 saturated heterocycles. The first-order valence-electron chi connectivity index (χ1n) is 10.9. The molecule has 0 bridgehead atoms. The summed E-state index contributed by atoms with van der Waals surface area (Å²) in [5.74, 6) is -0.479. The van der Waals surface area contributed by atoms with Crippen molar-refractivity contribution in [2.75, 3.05) is 44.6 Å². The van der Waals surface area contributed by atoms with E-state index in [1.54, 1.807) is 12.1 Å². The zero-order chi connectivity index (χ0) is 21.6. The number of anilines is 1. The molecule has 1 aliphatic heterocycles. The van der Waals surface area contributed by atoms with Gasteiger partial charge in [-0.15, -0.1) is 0 Å². The molecule has 2 aromatic rings. The Balaban J connectivity index is 1.20. The monoisotopic (exact) mass is 424 g/mol. The third kappa shape index (κ3) is 5.89. The third-order valence-corrected chi connectivity index (χ3v) is 6.01. The molecule has 4 rings (SSSR count). The number of halogens is 1. The summed E-state index contributed by atoms with van der Waals surface area (Å²) in [4.78, 5) is 29.0. The normalized spacial score (nSPS) is 19.5. The second-order valence-corrected chi connectivity index (χ2v) is 8.32. The molecule has 1 aliphatic carbocycles. The van der Waals surface area contributed by atoms with Crippen LogP contribution >= 0.6 is 0 Å². The molecule has 2 aromatic carbocycles. The molecule has 7 heteroatoms. The molecule has 1 heterocycles. The minimum absolute atomic E-state index is 0.0546. The fourth-order valence-corrected chi connectivity index (χ4v) is 4.42. The predicted molar refractivity (Wildman–Crippen MR) is 118 cm³/mol. The minimum atomic E-state index is -0.374. The maximum Gasteiger partial charge on any atom is 0.238 e. The Bertz CT molecular complexity index is 927. The van der Waals surface area contributed by atoms with Crippen LogP contribution in [-0.4, -0.2) is 60.9 Å². The van der Waals surface area contributed by atoms with Gasteiger partial charge in [-0.05, 0) is 48.6 Å². The van der Waals surface area contributed by atoms with Gasteiger partial charge < -0.3 is 10.6 Å². The van der Waals surface area contributed by atoms with Crippen molar-refractivity contribution in [3.05, 3.63) is 65.5 Å². The Morgan fingerprint density at radius 2 is 1.65 bits per heavy atom. The van der Waals surface area contributed by atoms with Crippen LogP contribution < -0.4 is 10.6 Å². The first-order valence-corrected chi connectivity index (χ1v) is 10.9. The van der Waals surface area contributed by atoms with Crippen molar-refractivity contribution in [3.63, 3.8) is 0 Å². The van der Waals surface area contributed by atoms with E-state index in [-0.39, 0.29) is 30.2 Å². The summed E-state index contributed by atoms with van der Waals surface area (Å²) in [6, 6.07) is 14.4. The predicted octanol–water partition coefficient (Wildman–Crippen LogP) is 2.58. The van der Waals surface area contributed by atoms with Gasteiger partial charge >= 0.3 is 0 Å². The molecule has 2 amide bonds. The topological polar surface area (TPSA) is 64.7 Å². The second kappa shape index (κ2) is 10.0. The van der Waals surface area contributed by atoms with Gasteiger partial charge in [-0.25, -0.2) is 4.39 Å². The molecular formula is C24H29FN4O2. The Hall–Kier alpha value is -2.77. The first-order chi connectivity index (χ1) is 15.1. The number of fused-ring (bicyclic) bond motifs is 1. The zero-order valence-electron chi connectivity index (χ0n) is 17.6. The van der Waals surface area contributed by atoms with E-state index in [1.165, 1.54) is 23.3 Å². The van der Waals surface area contributed by atoms with Gasteiger partial charge in [0.25, 0.3) is 0 Å². The maximum absolute atomic E-state index is 13.2. The molecule has 2 N–H and O–H groups in total. The molecule has 0 aromatic heterocycles. The van der Waals surface area contributed by atoms with Crippen LogP contribution in [-0.2, 0) is 16.0 Å². The molecule has 6 nitrogen and oxygen atoms in total. The minimum Gasteiger partial charge on any atom is -0.348 e. The van der Waals surface area contributed by atoms with Crippen molar-refractivity contribution < 1.29 is 14.0 Å². The fourth-order valence-electron chi connectivity index (χ4n) is 4.42. The largest absolute Gasteiger partial charge is 0.348 e. The standard InChI is InChI=1S/C24H29FN4O2/c25-19-7-4-8-20(15-19)26-23(30)16-28-11-13-29(14-12-28)17-24(31)27-22-10-3-6-18-5-1-2-9-21(18)22/h1-2,4-5,7-9,15,22H,3,6,10-14,16-17H2,(H,26,30)(H,27,31)/t22-/m1/s1. The summed E-state index contributed by atoms with van der Waals surface area (Å²) in [7, 11) is 0. The summed E-state index contributed by atoms with van der Waals surface area (Å²) in [6.07, 6.45) is 3.16. The van der Waals surface area contributed by atoms with Crippen LogP contribution in [0.3, 0.4) is 0 Å². The van der Waals surface area contributed by atoms with Gasteiger partial charge in [0, 0.05) is 31.9 Å². The number of carbonyl (C=O) groups is 2. The van der Waals surface area contributed by atoms with Crippen LogP contribution in [0.25, 0.3) is 0 Å². The smallest absolute Gasteiger partial charge is 0.238 e. The number of benzene rings is 2. The summed E-state index contributed by atoms with van der Waals surface area (Å²) in [5.41, 5.74) is 3.05. The van der Waals surface area contributed by atoms with Crippen LogP contribution in [0.15, 0.2) is 48.5 Å². The molecule has 2 aliphatic rings. The van der Waals surface area contributed by atoms with E-state index >= 15 is 0 Å². The molecular weight excluding hydrogens is 395 g/mol. The van der Waals surface area contributed by atoms with Crippen LogP contribution in [0, 0.1) is 5.82 Å². The highest BCUT2D eigenvalue weighted by atomic mass is 19.1. The number of aryl methyl sites for hydroxylation is 1. The number of nitrogens with one attached hydrogen (secondary N) is 2. The highest BCUT2D eigenvalue weighted by Crippen LogP contribution is 2.29. The summed E-state index contributed by atoms with van der Waals surface area (Å²) >= 11 is 0. The van der Waals surface area contributed by atoms with Crippen LogP contribution in [0.4, 0.5) is 10.1 Å². The van der Waals surface area contributed by atoms with E-state index < -0.39 is 0 Å². The lowest BCUT2D eigenvalue weighted by molar-refractivity contribution is -0.124. The molecule has 1 fully saturated rings. The number of rotatable bonds is 6. The summed E-state index contributed by atoms with van der Waals surface area (Å²) in [6.45, 7) is 3.55. The van der Waals surface area contributed by atoms with Gasteiger partial charge in [0.2, 0.25) is 11.8 Å². The summed E-state index contributed by atoms with van der Waals surface area (Å²) < 4.78 is 13.2. The number of nitrogens with zero attached hydrogens (tertiary/aromatic N) is 2. The SMILES string of the molecule is O=C(CN1CCN(CC(=O)N[C@@H]2CCCc3ccccc32)CC1)Nc1cccc(F)c1. The van der Waals surface area contributed by atoms with E-state index in [0.717, 1.165) is 45.4 Å². The van der Waals surface area contributed by atoms with Gasteiger partial charge in [0.05, 0.1) is 19.1 Å². The average Bonchev–Trinajstić information content (AvgIpc) is 2.75. The number of hydrogen-bond donors (Lipinski definition) is 2. The molecule has 0 radical (unpaired) electrons. The fraction of sp³-hybridized carbons (Fsp3) is 0.417. The lowest BCUT2D eigenvalue weighted by Gasteiger charge is -2.34. The van der Waals surface area contributed by atoms with Crippen molar-refractivity contribution >= 4 is 17.5 Å². The van der Waals surface area contributed by atoms with Gasteiger partial charge in [-0.2, -0.15) is 0 Å². The van der Waals surface area contributed by atoms with Gasteiger partial charge in [-0.1, -0.05) is 30.3 Å². The molecule has 1 atom stereocenters. The lowest BCUT2D eigenvalue weighted by Crippen LogP contribution is -2.51. The lowest BCUT2D eigenvalue weighted by atomic mass is 9.88. The summed E-state index contributed by atoms with van der Waals surface area (Å²) in [5, 5.41) is 5.94. The molecule has 0 unspecified atom stereocenters. The molecule has 0 spiro atoms. The molecule has 0 saturated carbocycles. The van der Waals surface area contributed by atoms with Crippen molar-refractivity contribution in [1.29, 1.82) is 0 Å². The van der Waals surface area contributed by atoms with E-state index in [0.29, 0.717) is 12.2 Å². The Labute approximate surface area is 182 Å². The molecule has 31 heavy (non-hydrogen) atoms.